The molecule has 0 saturated heterocycles. The molecule has 13 heavy (non-hydrogen) atoms. The second-order valence-corrected chi connectivity index (χ2v) is 3.01. The molecule has 0 spiro atoms. The highest BCUT2D eigenvalue weighted by atomic mass is 16.3. The number of aliphatic hydroxyl groups excluding tert-OH is 1. The van der Waals surface area contributed by atoms with Crippen molar-refractivity contribution in [2.45, 2.75) is 25.9 Å². The number of nitrogens with one attached hydrogen (secondary N) is 1. The third-order valence-corrected chi connectivity index (χ3v) is 2.05. The molecule has 1 rings (SSSR count). The summed E-state index contributed by atoms with van der Waals surface area (Å²) in [4.78, 5) is 0. The number of hydrogen-bond donors (Lipinski definition) is 2. The van der Waals surface area contributed by atoms with E-state index in [9.17, 15) is 0 Å². The number of aliphatic hydroxyl groups is 1. The average Bonchev–Trinajstić information content (AvgIpc) is 2.65. The molecule has 1 aromatic heterocycles. The van der Waals surface area contributed by atoms with Crippen molar-refractivity contribution in [1.29, 1.82) is 0 Å². The van der Waals surface area contributed by atoms with Gasteiger partial charge in [0.25, 0.3) is 0 Å². The molecule has 0 aliphatic rings. The van der Waals surface area contributed by atoms with E-state index < -0.39 is 0 Å². The van der Waals surface area contributed by atoms with Crippen molar-refractivity contribution in [2.75, 3.05) is 13.2 Å². The zero-order valence-corrected chi connectivity index (χ0v) is 7.98. The first kappa shape index (κ1) is 10.2. The van der Waals surface area contributed by atoms with Gasteiger partial charge in [-0.2, -0.15) is 5.10 Å². The molecule has 0 saturated carbocycles. The minimum atomic E-state index is 0.204. The van der Waals surface area contributed by atoms with Gasteiger partial charge in [-0.05, 0) is 12.5 Å². The van der Waals surface area contributed by atoms with Crippen molar-refractivity contribution in [1.82, 2.24) is 15.1 Å². The van der Waals surface area contributed by atoms with Crippen LogP contribution in [0.5, 0.6) is 0 Å². The van der Waals surface area contributed by atoms with Gasteiger partial charge < -0.3 is 10.4 Å². The van der Waals surface area contributed by atoms with Gasteiger partial charge in [-0.25, -0.2) is 0 Å². The van der Waals surface area contributed by atoms with Gasteiger partial charge in [-0.1, -0.05) is 6.92 Å². The van der Waals surface area contributed by atoms with E-state index in [4.69, 9.17) is 5.11 Å². The summed E-state index contributed by atoms with van der Waals surface area (Å²) in [5, 5.41) is 16.2. The first-order valence-electron chi connectivity index (χ1n) is 4.68. The van der Waals surface area contributed by atoms with E-state index in [2.05, 4.69) is 17.3 Å². The quantitative estimate of drug-likeness (QED) is 0.664. The van der Waals surface area contributed by atoms with E-state index in [1.165, 1.54) is 0 Å². The molecule has 0 bridgehead atoms. The van der Waals surface area contributed by atoms with Crippen molar-refractivity contribution in [3.63, 3.8) is 0 Å². The van der Waals surface area contributed by atoms with Crippen molar-refractivity contribution in [3.8, 4) is 0 Å². The standard InChI is InChI=1S/C9H17N3O/c1-2-9(8-13)10-5-7-12-6-3-4-11-12/h3-4,6,9-10,13H,2,5,7-8H2,1H3. The zero-order valence-electron chi connectivity index (χ0n) is 7.98. The maximum absolute atomic E-state index is 8.90. The Hall–Kier alpha value is -0.870. The van der Waals surface area contributed by atoms with Crippen molar-refractivity contribution in [3.05, 3.63) is 18.5 Å². The predicted octanol–water partition coefficient (Wildman–Crippen LogP) is 0.244. The molecule has 0 aliphatic carbocycles. The zero-order chi connectivity index (χ0) is 9.52. The molecule has 0 amide bonds. The summed E-state index contributed by atoms with van der Waals surface area (Å²) in [6.45, 7) is 3.96. The van der Waals surface area contributed by atoms with Gasteiger partial charge in [0.2, 0.25) is 0 Å². The van der Waals surface area contributed by atoms with E-state index in [-0.39, 0.29) is 12.6 Å². The van der Waals surface area contributed by atoms with Crippen LogP contribution in [0, 0.1) is 0 Å². The molecular weight excluding hydrogens is 166 g/mol. The van der Waals surface area contributed by atoms with Gasteiger partial charge in [-0.3, -0.25) is 4.68 Å². The number of aromatic nitrogens is 2. The second kappa shape index (κ2) is 5.72. The van der Waals surface area contributed by atoms with Gasteiger partial charge in [0, 0.05) is 25.0 Å². The summed E-state index contributed by atoms with van der Waals surface area (Å²) >= 11 is 0. The van der Waals surface area contributed by atoms with E-state index in [1.54, 1.807) is 6.20 Å². The summed E-state index contributed by atoms with van der Waals surface area (Å²) in [5.41, 5.74) is 0. The Morgan fingerprint density at radius 1 is 1.62 bits per heavy atom. The molecule has 1 heterocycles. The van der Waals surface area contributed by atoms with E-state index in [0.717, 1.165) is 19.5 Å². The molecule has 2 N–H and O–H groups in total. The van der Waals surface area contributed by atoms with Crippen LogP contribution < -0.4 is 5.32 Å². The SMILES string of the molecule is CCC(CO)NCCn1cccn1. The van der Waals surface area contributed by atoms with E-state index in [0.29, 0.717) is 0 Å². The van der Waals surface area contributed by atoms with E-state index >= 15 is 0 Å². The van der Waals surface area contributed by atoms with Gasteiger partial charge in [0.05, 0.1) is 13.2 Å². The molecule has 0 radical (unpaired) electrons. The van der Waals surface area contributed by atoms with Crippen molar-refractivity contribution in [2.24, 2.45) is 0 Å². The van der Waals surface area contributed by atoms with Crippen LogP contribution in [0.15, 0.2) is 18.5 Å². The van der Waals surface area contributed by atoms with Gasteiger partial charge in [-0.15, -0.1) is 0 Å². The Morgan fingerprint density at radius 3 is 3.00 bits per heavy atom. The van der Waals surface area contributed by atoms with Gasteiger partial charge in [0.1, 0.15) is 0 Å². The normalized spacial score (nSPS) is 13.1. The average molecular weight is 183 g/mol. The maximum Gasteiger partial charge on any atom is 0.0584 e. The summed E-state index contributed by atoms with van der Waals surface area (Å²) in [5.74, 6) is 0. The van der Waals surface area contributed by atoms with Crippen LogP contribution in [0.4, 0.5) is 0 Å². The first-order valence-corrected chi connectivity index (χ1v) is 4.68. The van der Waals surface area contributed by atoms with Crippen LogP contribution >= 0.6 is 0 Å². The number of nitrogens with zero attached hydrogens (tertiary/aromatic N) is 2. The molecule has 74 valence electrons. The smallest absolute Gasteiger partial charge is 0.0584 e. The maximum atomic E-state index is 8.90. The van der Waals surface area contributed by atoms with Crippen molar-refractivity contribution >= 4 is 0 Å². The Balaban J connectivity index is 2.13. The lowest BCUT2D eigenvalue weighted by molar-refractivity contribution is 0.237. The fourth-order valence-corrected chi connectivity index (χ4v) is 1.15. The summed E-state index contributed by atoms with van der Waals surface area (Å²) in [6, 6.07) is 2.12. The third kappa shape index (κ3) is 3.57. The van der Waals surface area contributed by atoms with Crippen LogP contribution in [0.1, 0.15) is 13.3 Å². The molecule has 1 aromatic rings. The molecule has 4 heteroatoms. The number of hydrogen-bond acceptors (Lipinski definition) is 3. The minimum absolute atomic E-state index is 0.204. The highest BCUT2D eigenvalue weighted by Gasteiger charge is 2.01. The molecule has 4 nitrogen and oxygen atoms in total. The van der Waals surface area contributed by atoms with Crippen LogP contribution in [0.3, 0.4) is 0 Å². The lowest BCUT2D eigenvalue weighted by atomic mass is 10.2. The summed E-state index contributed by atoms with van der Waals surface area (Å²) in [7, 11) is 0. The topological polar surface area (TPSA) is 50.1 Å². The van der Waals surface area contributed by atoms with Gasteiger partial charge in [0.15, 0.2) is 0 Å². The first-order chi connectivity index (χ1) is 6.36. The predicted molar refractivity (Wildman–Crippen MR) is 51.4 cm³/mol. The second-order valence-electron chi connectivity index (χ2n) is 3.01. The molecule has 0 fully saturated rings. The third-order valence-electron chi connectivity index (χ3n) is 2.05. The van der Waals surface area contributed by atoms with Crippen LogP contribution in [0.2, 0.25) is 0 Å². The van der Waals surface area contributed by atoms with Gasteiger partial charge >= 0.3 is 0 Å². The molecule has 1 unspecified atom stereocenters. The van der Waals surface area contributed by atoms with Crippen LogP contribution in [-0.4, -0.2) is 34.1 Å². The summed E-state index contributed by atoms with van der Waals surface area (Å²) < 4.78 is 1.87. The molecule has 0 aromatic carbocycles. The Bertz CT molecular complexity index is 207. The van der Waals surface area contributed by atoms with E-state index in [1.807, 2.05) is 16.9 Å². The van der Waals surface area contributed by atoms with Crippen LogP contribution in [0.25, 0.3) is 0 Å². The lowest BCUT2D eigenvalue weighted by Crippen LogP contribution is -2.34. The Morgan fingerprint density at radius 2 is 2.46 bits per heavy atom. The number of rotatable bonds is 6. The molecule has 1 atom stereocenters. The minimum Gasteiger partial charge on any atom is -0.395 e. The monoisotopic (exact) mass is 183 g/mol. The fraction of sp³-hybridized carbons (Fsp3) is 0.667. The molecule has 0 aliphatic heterocycles. The Kier molecular flexibility index (Phi) is 4.49. The largest absolute Gasteiger partial charge is 0.395 e. The van der Waals surface area contributed by atoms with Crippen molar-refractivity contribution < 1.29 is 5.11 Å². The molecular formula is C9H17N3O. The highest BCUT2D eigenvalue weighted by Crippen LogP contribution is 1.89. The summed E-state index contributed by atoms with van der Waals surface area (Å²) in [6.07, 6.45) is 4.65. The fourth-order valence-electron chi connectivity index (χ4n) is 1.15. The lowest BCUT2D eigenvalue weighted by Gasteiger charge is -2.13. The van der Waals surface area contributed by atoms with Crippen LogP contribution in [-0.2, 0) is 6.54 Å². The Labute approximate surface area is 78.6 Å². The highest BCUT2D eigenvalue weighted by molar-refractivity contribution is 4.77.